The van der Waals surface area contributed by atoms with Crippen LogP contribution in [-0.4, -0.2) is 42.1 Å². The molecule has 1 heterocycles. The lowest BCUT2D eigenvalue weighted by Crippen LogP contribution is -2.41. The highest BCUT2D eigenvalue weighted by Gasteiger charge is 2.37. The van der Waals surface area contributed by atoms with Gasteiger partial charge in [0.15, 0.2) is 0 Å². The van der Waals surface area contributed by atoms with E-state index in [0.717, 1.165) is 4.31 Å². The second-order valence-electron chi connectivity index (χ2n) is 4.04. The summed E-state index contributed by atoms with van der Waals surface area (Å²) in [5, 5.41) is 17.2. The summed E-state index contributed by atoms with van der Waals surface area (Å²) in [6, 6.07) is 1.04. The minimum atomic E-state index is -3.49. The molecule has 1 N–H and O–H groups in total. The minimum absolute atomic E-state index is 0.0710. The van der Waals surface area contributed by atoms with Crippen molar-refractivity contribution in [1.82, 2.24) is 4.31 Å². The Bertz CT molecular complexity index is 413. The van der Waals surface area contributed by atoms with Gasteiger partial charge in [0.2, 0.25) is 10.0 Å². The highest BCUT2D eigenvalue weighted by atomic mass is 32.2. The molecule has 17 heavy (non-hydrogen) atoms. The number of carbonyl (C=O) groups is 1. The van der Waals surface area contributed by atoms with E-state index in [1.165, 1.54) is 0 Å². The first-order valence-corrected chi connectivity index (χ1v) is 7.19. The predicted octanol–water partition coefficient (Wildman–Crippen LogP) is 0.559. The Balaban J connectivity index is 2.58. The van der Waals surface area contributed by atoms with E-state index in [9.17, 15) is 13.2 Å². The van der Waals surface area contributed by atoms with E-state index in [1.807, 2.05) is 6.07 Å². The summed E-state index contributed by atoms with van der Waals surface area (Å²) < 4.78 is 24.9. The lowest BCUT2D eigenvalue weighted by Gasteiger charge is -2.20. The van der Waals surface area contributed by atoms with Crippen LogP contribution in [0.3, 0.4) is 0 Å². The molecule has 1 rings (SSSR count). The van der Waals surface area contributed by atoms with Gasteiger partial charge in [0.25, 0.3) is 0 Å². The molecule has 1 fully saturated rings. The molecular formula is C10H16N2O4S. The summed E-state index contributed by atoms with van der Waals surface area (Å²) in [7, 11) is -3.49. The molecule has 1 aliphatic heterocycles. The molecule has 0 amide bonds. The molecule has 0 aromatic heterocycles. The molecule has 0 aromatic carbocycles. The summed E-state index contributed by atoms with van der Waals surface area (Å²) in [5.74, 6) is -1.15. The van der Waals surface area contributed by atoms with E-state index in [0.29, 0.717) is 32.1 Å². The third-order valence-electron chi connectivity index (χ3n) is 2.79. The zero-order valence-electron chi connectivity index (χ0n) is 9.50. The summed E-state index contributed by atoms with van der Waals surface area (Å²) >= 11 is 0. The van der Waals surface area contributed by atoms with Gasteiger partial charge in [0.1, 0.15) is 6.04 Å². The second kappa shape index (κ2) is 5.98. The SMILES string of the molecule is N#CCCCCS(=O)(=O)N1CCCC1C(=O)O. The quantitative estimate of drug-likeness (QED) is 0.703. The third-order valence-corrected chi connectivity index (χ3v) is 4.74. The van der Waals surface area contributed by atoms with Crippen LogP contribution in [0.25, 0.3) is 0 Å². The van der Waals surface area contributed by atoms with Crippen LogP contribution in [0.1, 0.15) is 32.1 Å². The normalized spacial score (nSPS) is 21.2. The fourth-order valence-corrected chi connectivity index (χ4v) is 3.72. The first-order valence-electron chi connectivity index (χ1n) is 5.58. The lowest BCUT2D eigenvalue weighted by atomic mass is 10.2. The largest absolute Gasteiger partial charge is 0.480 e. The van der Waals surface area contributed by atoms with Gasteiger partial charge in [0.05, 0.1) is 11.8 Å². The van der Waals surface area contributed by atoms with Crippen LogP contribution in [0.2, 0.25) is 0 Å². The van der Waals surface area contributed by atoms with Crippen molar-refractivity contribution < 1.29 is 18.3 Å². The number of aliphatic carboxylic acids is 1. The van der Waals surface area contributed by atoms with E-state index in [2.05, 4.69) is 0 Å². The molecule has 96 valence electrons. The van der Waals surface area contributed by atoms with E-state index >= 15 is 0 Å². The first-order chi connectivity index (χ1) is 7.99. The van der Waals surface area contributed by atoms with Crippen LogP contribution < -0.4 is 0 Å². The van der Waals surface area contributed by atoms with Crippen LogP contribution in [0.15, 0.2) is 0 Å². The average molecular weight is 260 g/mol. The molecule has 0 aliphatic carbocycles. The van der Waals surface area contributed by atoms with Crippen molar-refractivity contribution in [2.75, 3.05) is 12.3 Å². The van der Waals surface area contributed by atoms with Gasteiger partial charge in [0, 0.05) is 13.0 Å². The second-order valence-corrected chi connectivity index (χ2v) is 6.08. The van der Waals surface area contributed by atoms with Crippen LogP contribution in [0.4, 0.5) is 0 Å². The van der Waals surface area contributed by atoms with Gasteiger partial charge in [-0.25, -0.2) is 8.42 Å². The summed E-state index contributed by atoms with van der Waals surface area (Å²) in [4.78, 5) is 10.9. The van der Waals surface area contributed by atoms with Crippen LogP contribution >= 0.6 is 0 Å². The minimum Gasteiger partial charge on any atom is -0.480 e. The van der Waals surface area contributed by atoms with Crippen LogP contribution in [0.5, 0.6) is 0 Å². The van der Waals surface area contributed by atoms with Gasteiger partial charge < -0.3 is 5.11 Å². The zero-order chi connectivity index (χ0) is 12.9. The molecule has 1 saturated heterocycles. The van der Waals surface area contributed by atoms with Gasteiger partial charge in [-0.3, -0.25) is 4.79 Å². The fourth-order valence-electron chi connectivity index (χ4n) is 1.93. The molecular weight excluding hydrogens is 244 g/mol. The number of nitrogens with zero attached hydrogens (tertiary/aromatic N) is 2. The van der Waals surface area contributed by atoms with E-state index in [4.69, 9.17) is 10.4 Å². The van der Waals surface area contributed by atoms with Crippen molar-refractivity contribution in [2.24, 2.45) is 0 Å². The number of sulfonamides is 1. The Morgan fingerprint density at radius 2 is 2.18 bits per heavy atom. The summed E-state index contributed by atoms with van der Waals surface area (Å²) in [5.41, 5.74) is 0. The molecule has 0 aromatic rings. The van der Waals surface area contributed by atoms with Crippen molar-refractivity contribution in [3.63, 3.8) is 0 Å². The Morgan fingerprint density at radius 1 is 1.47 bits per heavy atom. The fraction of sp³-hybridized carbons (Fsp3) is 0.800. The lowest BCUT2D eigenvalue weighted by molar-refractivity contribution is -0.140. The van der Waals surface area contributed by atoms with Gasteiger partial charge in [-0.15, -0.1) is 0 Å². The maximum Gasteiger partial charge on any atom is 0.322 e. The van der Waals surface area contributed by atoms with Gasteiger partial charge in [-0.2, -0.15) is 9.57 Å². The van der Waals surface area contributed by atoms with Crippen molar-refractivity contribution in [3.05, 3.63) is 0 Å². The predicted molar refractivity (Wildman–Crippen MR) is 60.6 cm³/mol. The monoisotopic (exact) mass is 260 g/mol. The van der Waals surface area contributed by atoms with Crippen molar-refractivity contribution in [2.45, 2.75) is 38.1 Å². The number of carboxylic acids is 1. The van der Waals surface area contributed by atoms with Crippen molar-refractivity contribution >= 4 is 16.0 Å². The Labute approximate surface area is 101 Å². The molecule has 7 heteroatoms. The highest BCUT2D eigenvalue weighted by molar-refractivity contribution is 7.89. The van der Waals surface area contributed by atoms with E-state index in [1.54, 1.807) is 0 Å². The van der Waals surface area contributed by atoms with Gasteiger partial charge >= 0.3 is 5.97 Å². The number of unbranched alkanes of at least 4 members (excludes halogenated alkanes) is 2. The Morgan fingerprint density at radius 3 is 2.76 bits per heavy atom. The number of rotatable bonds is 6. The Kier molecular flexibility index (Phi) is 4.90. The molecule has 6 nitrogen and oxygen atoms in total. The molecule has 0 saturated carbocycles. The number of carboxylic acid groups (broad SMARTS) is 1. The number of nitriles is 1. The molecule has 0 spiro atoms. The number of hydrogen-bond acceptors (Lipinski definition) is 4. The van der Waals surface area contributed by atoms with Crippen molar-refractivity contribution in [3.8, 4) is 6.07 Å². The van der Waals surface area contributed by atoms with Crippen molar-refractivity contribution in [1.29, 1.82) is 5.26 Å². The standard InChI is InChI=1S/C10H16N2O4S/c11-6-2-1-3-8-17(15,16)12-7-4-5-9(12)10(13)14/h9H,1-5,7-8H2,(H,13,14). The van der Waals surface area contributed by atoms with E-state index < -0.39 is 22.0 Å². The van der Waals surface area contributed by atoms with Gasteiger partial charge in [-0.05, 0) is 25.7 Å². The topological polar surface area (TPSA) is 98.5 Å². The zero-order valence-corrected chi connectivity index (χ0v) is 10.3. The first kappa shape index (κ1) is 13.9. The smallest absolute Gasteiger partial charge is 0.322 e. The molecule has 0 radical (unpaired) electrons. The maximum atomic E-state index is 11.9. The van der Waals surface area contributed by atoms with Crippen LogP contribution in [-0.2, 0) is 14.8 Å². The summed E-state index contributed by atoms with van der Waals surface area (Å²) in [6.07, 6.45) is 2.24. The van der Waals surface area contributed by atoms with Crippen LogP contribution in [0, 0.1) is 11.3 Å². The highest BCUT2D eigenvalue weighted by Crippen LogP contribution is 2.22. The third kappa shape index (κ3) is 3.68. The molecule has 1 atom stereocenters. The summed E-state index contributed by atoms with van der Waals surface area (Å²) in [6.45, 7) is 0.289. The van der Waals surface area contributed by atoms with E-state index in [-0.39, 0.29) is 12.3 Å². The average Bonchev–Trinajstić information content (AvgIpc) is 2.74. The number of hydrogen-bond donors (Lipinski definition) is 1. The maximum absolute atomic E-state index is 11.9. The van der Waals surface area contributed by atoms with Gasteiger partial charge in [-0.1, -0.05) is 0 Å². The molecule has 0 bridgehead atoms. The molecule has 1 aliphatic rings. The molecule has 1 unspecified atom stereocenters. The Hall–Kier alpha value is -1.13.